The van der Waals surface area contributed by atoms with Gasteiger partial charge in [0.05, 0.1) is 12.0 Å². The van der Waals surface area contributed by atoms with E-state index >= 15 is 0 Å². The molecule has 2 fully saturated rings. The number of rotatable bonds is 0. The molecule has 1 spiro atoms. The van der Waals surface area contributed by atoms with Crippen LogP contribution in [0.5, 0.6) is 0 Å². The van der Waals surface area contributed by atoms with E-state index in [0.717, 1.165) is 19.5 Å². The van der Waals surface area contributed by atoms with E-state index in [9.17, 15) is 18.0 Å². The van der Waals surface area contributed by atoms with Gasteiger partial charge in [0.1, 0.15) is 0 Å². The largest absolute Gasteiger partial charge is 0.490 e. The molecule has 0 aromatic carbocycles. The molecule has 2 heterocycles. The van der Waals surface area contributed by atoms with Crippen LogP contribution in [0.2, 0.25) is 0 Å². The number of aliphatic carboxylic acids is 1. The van der Waals surface area contributed by atoms with Crippen LogP contribution in [0.4, 0.5) is 13.2 Å². The zero-order chi connectivity index (χ0) is 11.7. The van der Waals surface area contributed by atoms with Crippen LogP contribution in [-0.4, -0.2) is 41.8 Å². The molecule has 1 amide bonds. The Balaban J connectivity index is 0.000000153. The lowest BCUT2D eigenvalue weighted by Gasteiger charge is -2.49. The normalized spacial score (nSPS) is 21.7. The summed E-state index contributed by atoms with van der Waals surface area (Å²) in [5.41, 5.74) is 0.205. The Kier molecular flexibility index (Phi) is 2.89. The molecule has 2 aliphatic heterocycles. The van der Waals surface area contributed by atoms with Gasteiger partial charge in [0.15, 0.2) is 0 Å². The van der Waals surface area contributed by atoms with Gasteiger partial charge in [0.2, 0.25) is 5.91 Å². The second kappa shape index (κ2) is 3.69. The molecule has 2 saturated heterocycles. The van der Waals surface area contributed by atoms with E-state index in [1.54, 1.807) is 0 Å². The highest BCUT2D eigenvalue weighted by Crippen LogP contribution is 2.23. The molecule has 3 N–H and O–H groups in total. The number of alkyl halides is 3. The molecule has 0 unspecified atom stereocenters. The predicted octanol–water partition coefficient (Wildman–Crippen LogP) is -0.518. The summed E-state index contributed by atoms with van der Waals surface area (Å²) in [5.74, 6) is -2.56. The van der Waals surface area contributed by atoms with E-state index in [-0.39, 0.29) is 11.4 Å². The summed E-state index contributed by atoms with van der Waals surface area (Å²) >= 11 is 0. The van der Waals surface area contributed by atoms with Crippen LogP contribution in [0.15, 0.2) is 0 Å². The maximum atomic E-state index is 10.6. The number of hydrogen-bond acceptors (Lipinski definition) is 3. The molecule has 86 valence electrons. The minimum atomic E-state index is -5.08. The first kappa shape index (κ1) is 11.8. The lowest BCUT2D eigenvalue weighted by molar-refractivity contribution is -0.192. The van der Waals surface area contributed by atoms with Crippen LogP contribution in [0, 0.1) is 0 Å². The summed E-state index contributed by atoms with van der Waals surface area (Å²) in [6.45, 7) is 1.94. The minimum Gasteiger partial charge on any atom is -0.475 e. The van der Waals surface area contributed by atoms with Crippen molar-refractivity contribution in [1.29, 1.82) is 0 Å². The van der Waals surface area contributed by atoms with Gasteiger partial charge in [-0.3, -0.25) is 4.79 Å². The molecule has 0 aliphatic carbocycles. The smallest absolute Gasteiger partial charge is 0.475 e. The summed E-state index contributed by atoms with van der Waals surface area (Å²) in [6, 6.07) is 0. The summed E-state index contributed by atoms with van der Waals surface area (Å²) < 4.78 is 31.7. The van der Waals surface area contributed by atoms with Crippen LogP contribution >= 0.6 is 0 Å². The van der Waals surface area contributed by atoms with Crippen molar-refractivity contribution < 1.29 is 27.9 Å². The Labute approximate surface area is 82.6 Å². The highest BCUT2D eigenvalue weighted by molar-refractivity contribution is 5.85. The number of nitrogens with one attached hydrogen (secondary N) is 2. The fourth-order valence-corrected chi connectivity index (χ4v) is 1.22. The predicted molar refractivity (Wildman–Crippen MR) is 42.1 cm³/mol. The Morgan fingerprint density at radius 2 is 1.80 bits per heavy atom. The van der Waals surface area contributed by atoms with E-state index in [4.69, 9.17) is 9.90 Å². The van der Waals surface area contributed by atoms with Gasteiger partial charge in [-0.15, -0.1) is 0 Å². The summed E-state index contributed by atoms with van der Waals surface area (Å²) in [4.78, 5) is 19.3. The third-order valence-electron chi connectivity index (χ3n) is 2.07. The lowest BCUT2D eigenvalue weighted by atomic mass is 9.82. The number of carboxylic acids is 1. The number of amides is 1. The number of β-lactam (4-membered cyclic amide) rings is 1. The van der Waals surface area contributed by atoms with Gasteiger partial charge >= 0.3 is 12.1 Å². The molecule has 0 radical (unpaired) electrons. The average Bonchev–Trinajstić information content (AvgIpc) is 1.94. The standard InChI is InChI=1S/C5H8N2O.C2HF3O2/c8-4-1-5(7-4)2-6-3-5;3-2(4,5)1(6)7/h6H,1-3H2,(H,7,8);(H,6,7). The van der Waals surface area contributed by atoms with E-state index in [1.807, 2.05) is 0 Å². The van der Waals surface area contributed by atoms with Gasteiger partial charge < -0.3 is 15.7 Å². The van der Waals surface area contributed by atoms with Gasteiger partial charge in [-0.1, -0.05) is 0 Å². The molecule has 15 heavy (non-hydrogen) atoms. The molecular weight excluding hydrogens is 217 g/mol. The number of carbonyl (C=O) groups excluding carboxylic acids is 1. The number of halogens is 3. The first-order valence-corrected chi connectivity index (χ1v) is 4.07. The lowest BCUT2D eigenvalue weighted by Crippen LogP contribution is -2.76. The van der Waals surface area contributed by atoms with Crippen LogP contribution < -0.4 is 10.6 Å². The van der Waals surface area contributed by atoms with Crippen molar-refractivity contribution in [2.45, 2.75) is 18.1 Å². The van der Waals surface area contributed by atoms with E-state index < -0.39 is 12.1 Å². The topological polar surface area (TPSA) is 78.4 Å². The molecule has 2 rings (SSSR count). The Hall–Kier alpha value is -1.31. The van der Waals surface area contributed by atoms with E-state index in [1.165, 1.54) is 0 Å². The number of carbonyl (C=O) groups is 2. The molecular formula is C7H9F3N2O3. The maximum absolute atomic E-state index is 10.6. The second-order valence-electron chi connectivity index (χ2n) is 3.41. The monoisotopic (exact) mass is 226 g/mol. The highest BCUT2D eigenvalue weighted by Gasteiger charge is 2.47. The van der Waals surface area contributed by atoms with Crippen LogP contribution in [0.1, 0.15) is 6.42 Å². The maximum Gasteiger partial charge on any atom is 0.490 e. The van der Waals surface area contributed by atoms with Crippen LogP contribution in [0.3, 0.4) is 0 Å². The van der Waals surface area contributed by atoms with Crippen molar-refractivity contribution >= 4 is 11.9 Å². The summed E-state index contributed by atoms with van der Waals surface area (Å²) in [5, 5.41) is 13.1. The minimum absolute atomic E-state index is 0.200. The molecule has 0 aromatic heterocycles. The van der Waals surface area contributed by atoms with Crippen molar-refractivity contribution in [3.05, 3.63) is 0 Å². The van der Waals surface area contributed by atoms with Gasteiger partial charge in [-0.2, -0.15) is 13.2 Å². The molecule has 0 bridgehead atoms. The third-order valence-corrected chi connectivity index (χ3v) is 2.07. The quantitative estimate of drug-likeness (QED) is 0.486. The summed E-state index contributed by atoms with van der Waals surface area (Å²) in [7, 11) is 0. The molecule has 0 atom stereocenters. The van der Waals surface area contributed by atoms with Gasteiger partial charge in [-0.05, 0) is 0 Å². The van der Waals surface area contributed by atoms with Crippen molar-refractivity contribution in [2.75, 3.05) is 13.1 Å². The molecule has 5 nitrogen and oxygen atoms in total. The van der Waals surface area contributed by atoms with Crippen molar-refractivity contribution in [3.63, 3.8) is 0 Å². The molecule has 0 saturated carbocycles. The fourth-order valence-electron chi connectivity index (χ4n) is 1.22. The molecule has 2 aliphatic rings. The Morgan fingerprint density at radius 1 is 1.40 bits per heavy atom. The van der Waals surface area contributed by atoms with Gasteiger partial charge in [0.25, 0.3) is 0 Å². The highest BCUT2D eigenvalue weighted by atomic mass is 19.4. The number of carboxylic acid groups (broad SMARTS) is 1. The number of hydrogen-bond donors (Lipinski definition) is 3. The van der Waals surface area contributed by atoms with E-state index in [0.29, 0.717) is 0 Å². The Morgan fingerprint density at radius 3 is 1.87 bits per heavy atom. The van der Waals surface area contributed by atoms with Crippen LogP contribution in [-0.2, 0) is 9.59 Å². The second-order valence-corrected chi connectivity index (χ2v) is 3.41. The van der Waals surface area contributed by atoms with Crippen LogP contribution in [0.25, 0.3) is 0 Å². The Bertz CT molecular complexity index is 276. The SMILES string of the molecule is O=C(O)C(F)(F)F.O=C1CC2(CNC2)N1. The van der Waals surface area contributed by atoms with Gasteiger partial charge in [0, 0.05) is 13.1 Å². The van der Waals surface area contributed by atoms with Crippen molar-refractivity contribution in [3.8, 4) is 0 Å². The molecule has 8 heteroatoms. The first-order chi connectivity index (χ1) is 6.75. The zero-order valence-corrected chi connectivity index (χ0v) is 7.52. The molecule has 0 aromatic rings. The average molecular weight is 226 g/mol. The van der Waals surface area contributed by atoms with E-state index in [2.05, 4.69) is 10.6 Å². The van der Waals surface area contributed by atoms with Gasteiger partial charge in [-0.25, -0.2) is 4.79 Å². The third kappa shape index (κ3) is 2.82. The summed E-state index contributed by atoms with van der Waals surface area (Å²) in [6.07, 6.45) is -4.35. The van der Waals surface area contributed by atoms with Crippen molar-refractivity contribution in [1.82, 2.24) is 10.6 Å². The first-order valence-electron chi connectivity index (χ1n) is 4.07. The van der Waals surface area contributed by atoms with Crippen molar-refractivity contribution in [2.24, 2.45) is 0 Å². The zero-order valence-electron chi connectivity index (χ0n) is 7.52. The fraction of sp³-hybridized carbons (Fsp3) is 0.714.